The summed E-state index contributed by atoms with van der Waals surface area (Å²) in [5.74, 6) is 1.35. The summed E-state index contributed by atoms with van der Waals surface area (Å²) < 4.78 is 6.29. The van der Waals surface area contributed by atoms with Crippen LogP contribution in [0.1, 0.15) is 0 Å². The van der Waals surface area contributed by atoms with Crippen molar-refractivity contribution in [3.8, 4) is 11.5 Å². The van der Waals surface area contributed by atoms with Crippen LogP contribution in [-0.2, 0) is 0 Å². The highest BCUT2D eigenvalue weighted by Crippen LogP contribution is 2.28. The molecular weight excluding hydrogens is 256 g/mol. The lowest BCUT2D eigenvalue weighted by Gasteiger charge is -2.07. The normalized spacial score (nSPS) is 9.93. The van der Waals surface area contributed by atoms with Crippen molar-refractivity contribution in [2.24, 2.45) is 0 Å². The number of halogens is 1. The summed E-state index contributed by atoms with van der Waals surface area (Å²) in [6.07, 6.45) is 1.56. The molecule has 0 spiro atoms. The van der Waals surface area contributed by atoms with Gasteiger partial charge < -0.3 is 10.5 Å². The van der Waals surface area contributed by atoms with Gasteiger partial charge in [0, 0.05) is 6.07 Å². The summed E-state index contributed by atoms with van der Waals surface area (Å²) in [5, 5.41) is 0. The van der Waals surface area contributed by atoms with E-state index in [2.05, 4.69) is 20.9 Å². The largest absolute Gasteiger partial charge is 0.455 e. The molecule has 0 saturated heterocycles. The Morgan fingerprint density at radius 3 is 2.67 bits per heavy atom. The van der Waals surface area contributed by atoms with E-state index >= 15 is 0 Å². The number of ether oxygens (including phenoxy) is 1. The predicted molar refractivity (Wildman–Crippen MR) is 62.9 cm³/mol. The Morgan fingerprint density at radius 2 is 1.93 bits per heavy atom. The summed E-state index contributed by atoms with van der Waals surface area (Å²) in [6, 6.07) is 11.2. The third-order valence-corrected chi connectivity index (χ3v) is 2.27. The third-order valence-electron chi connectivity index (χ3n) is 1.83. The highest BCUT2D eigenvalue weighted by Gasteiger charge is 2.03. The Balaban J connectivity index is 2.28. The van der Waals surface area contributed by atoms with Gasteiger partial charge in [-0.3, -0.25) is 0 Å². The van der Waals surface area contributed by atoms with E-state index in [1.165, 1.54) is 0 Å². The van der Waals surface area contributed by atoms with Crippen LogP contribution in [0.15, 0.2) is 47.2 Å². The summed E-state index contributed by atoms with van der Waals surface area (Å²) in [6.45, 7) is 0. The second-order valence-corrected chi connectivity index (χ2v) is 3.77. The van der Waals surface area contributed by atoms with E-state index in [0.29, 0.717) is 16.0 Å². The summed E-state index contributed by atoms with van der Waals surface area (Å²) >= 11 is 3.26. The SMILES string of the molecule is Nc1cnc(Br)cc1Oc1ccccc1. The number of hydrogen-bond acceptors (Lipinski definition) is 3. The lowest BCUT2D eigenvalue weighted by atomic mass is 10.3. The van der Waals surface area contributed by atoms with E-state index in [1.54, 1.807) is 12.3 Å². The molecule has 0 amide bonds. The number of para-hydroxylation sites is 1. The lowest BCUT2D eigenvalue weighted by Crippen LogP contribution is -1.93. The molecule has 1 aromatic heterocycles. The minimum atomic E-state index is 0.516. The molecule has 1 aromatic carbocycles. The molecule has 0 bridgehead atoms. The zero-order chi connectivity index (χ0) is 10.7. The topological polar surface area (TPSA) is 48.1 Å². The molecule has 0 atom stereocenters. The van der Waals surface area contributed by atoms with Crippen LogP contribution in [0.5, 0.6) is 11.5 Å². The average Bonchev–Trinajstić information content (AvgIpc) is 2.25. The van der Waals surface area contributed by atoms with Gasteiger partial charge in [-0.2, -0.15) is 0 Å². The molecule has 0 radical (unpaired) electrons. The first-order valence-corrected chi connectivity index (χ1v) is 5.19. The first-order chi connectivity index (χ1) is 7.25. The van der Waals surface area contributed by atoms with E-state index in [1.807, 2.05) is 30.3 Å². The molecule has 15 heavy (non-hydrogen) atoms. The summed E-state index contributed by atoms with van der Waals surface area (Å²) in [4.78, 5) is 3.99. The molecule has 0 aliphatic heterocycles. The van der Waals surface area contributed by atoms with Crippen LogP contribution in [0.3, 0.4) is 0 Å². The molecule has 0 saturated carbocycles. The van der Waals surface area contributed by atoms with E-state index in [4.69, 9.17) is 10.5 Å². The van der Waals surface area contributed by atoms with Crippen molar-refractivity contribution in [2.75, 3.05) is 5.73 Å². The van der Waals surface area contributed by atoms with Crippen molar-refractivity contribution in [3.63, 3.8) is 0 Å². The van der Waals surface area contributed by atoms with Crippen molar-refractivity contribution in [1.82, 2.24) is 4.98 Å². The molecule has 4 heteroatoms. The molecule has 1 heterocycles. The highest BCUT2D eigenvalue weighted by atomic mass is 79.9. The fourth-order valence-corrected chi connectivity index (χ4v) is 1.44. The Bertz CT molecular complexity index is 459. The molecule has 0 aliphatic carbocycles. The van der Waals surface area contributed by atoms with Crippen molar-refractivity contribution in [2.45, 2.75) is 0 Å². The van der Waals surface area contributed by atoms with Crippen LogP contribution in [0.2, 0.25) is 0 Å². The van der Waals surface area contributed by atoms with Crippen LogP contribution in [0.4, 0.5) is 5.69 Å². The van der Waals surface area contributed by atoms with Crippen molar-refractivity contribution in [3.05, 3.63) is 47.2 Å². The lowest BCUT2D eigenvalue weighted by molar-refractivity contribution is 0.484. The predicted octanol–water partition coefficient (Wildman–Crippen LogP) is 3.22. The van der Waals surface area contributed by atoms with Gasteiger partial charge in [0.25, 0.3) is 0 Å². The number of hydrogen-bond donors (Lipinski definition) is 1. The fourth-order valence-electron chi connectivity index (χ4n) is 1.13. The number of rotatable bonds is 2. The summed E-state index contributed by atoms with van der Waals surface area (Å²) in [5.41, 5.74) is 6.24. The molecule has 2 aromatic rings. The van der Waals surface area contributed by atoms with Crippen molar-refractivity contribution in [1.29, 1.82) is 0 Å². The maximum atomic E-state index is 5.73. The second kappa shape index (κ2) is 4.31. The Hall–Kier alpha value is -1.55. The van der Waals surface area contributed by atoms with Gasteiger partial charge in [-0.15, -0.1) is 0 Å². The Labute approximate surface area is 96.0 Å². The standard InChI is InChI=1S/C11H9BrN2O/c12-11-6-10(9(13)7-14-11)15-8-4-2-1-3-5-8/h1-7H,13H2. The maximum Gasteiger partial charge on any atom is 0.154 e. The molecule has 2 N–H and O–H groups in total. The van der Waals surface area contributed by atoms with Crippen molar-refractivity contribution >= 4 is 21.6 Å². The fraction of sp³-hybridized carbons (Fsp3) is 0. The van der Waals surface area contributed by atoms with Gasteiger partial charge in [-0.25, -0.2) is 4.98 Å². The van der Waals surface area contributed by atoms with E-state index in [0.717, 1.165) is 5.75 Å². The van der Waals surface area contributed by atoms with Gasteiger partial charge in [-0.1, -0.05) is 18.2 Å². The van der Waals surface area contributed by atoms with Gasteiger partial charge in [0.15, 0.2) is 5.75 Å². The van der Waals surface area contributed by atoms with Gasteiger partial charge in [-0.05, 0) is 28.1 Å². The minimum absolute atomic E-state index is 0.516. The van der Waals surface area contributed by atoms with Crippen molar-refractivity contribution < 1.29 is 4.74 Å². The van der Waals surface area contributed by atoms with E-state index < -0.39 is 0 Å². The molecule has 2 rings (SSSR count). The van der Waals surface area contributed by atoms with Crippen LogP contribution in [0.25, 0.3) is 0 Å². The number of benzene rings is 1. The number of nitrogens with two attached hydrogens (primary N) is 1. The quantitative estimate of drug-likeness (QED) is 0.848. The molecular formula is C11H9BrN2O. The van der Waals surface area contributed by atoms with Gasteiger partial charge in [0.05, 0.1) is 11.9 Å². The van der Waals surface area contributed by atoms with Crippen LogP contribution < -0.4 is 10.5 Å². The molecule has 76 valence electrons. The number of anilines is 1. The highest BCUT2D eigenvalue weighted by molar-refractivity contribution is 9.10. The molecule has 0 unspecified atom stereocenters. The Kier molecular flexibility index (Phi) is 2.87. The molecule has 0 fully saturated rings. The van der Waals surface area contributed by atoms with Gasteiger partial charge >= 0.3 is 0 Å². The zero-order valence-corrected chi connectivity index (χ0v) is 9.44. The monoisotopic (exact) mass is 264 g/mol. The van der Waals surface area contributed by atoms with Crippen LogP contribution >= 0.6 is 15.9 Å². The summed E-state index contributed by atoms with van der Waals surface area (Å²) in [7, 11) is 0. The first-order valence-electron chi connectivity index (χ1n) is 4.39. The number of nitrogens with zero attached hydrogens (tertiary/aromatic N) is 1. The zero-order valence-electron chi connectivity index (χ0n) is 7.85. The average molecular weight is 265 g/mol. The Morgan fingerprint density at radius 1 is 1.20 bits per heavy atom. The maximum absolute atomic E-state index is 5.73. The number of pyridine rings is 1. The van der Waals surface area contributed by atoms with Gasteiger partial charge in [0.2, 0.25) is 0 Å². The first kappa shape index (κ1) is 9.98. The molecule has 0 aliphatic rings. The smallest absolute Gasteiger partial charge is 0.154 e. The van der Waals surface area contributed by atoms with E-state index in [-0.39, 0.29) is 0 Å². The third kappa shape index (κ3) is 2.47. The number of aromatic nitrogens is 1. The van der Waals surface area contributed by atoms with Crippen LogP contribution in [0, 0.1) is 0 Å². The van der Waals surface area contributed by atoms with Gasteiger partial charge in [0.1, 0.15) is 10.4 Å². The van der Waals surface area contributed by atoms with E-state index in [9.17, 15) is 0 Å². The van der Waals surface area contributed by atoms with Crippen LogP contribution in [-0.4, -0.2) is 4.98 Å². The minimum Gasteiger partial charge on any atom is -0.455 e. The number of nitrogen functional groups attached to an aromatic ring is 1. The molecule has 3 nitrogen and oxygen atoms in total. The second-order valence-electron chi connectivity index (χ2n) is 2.96.